The molecule has 0 saturated carbocycles. The van der Waals surface area contributed by atoms with E-state index in [4.69, 9.17) is 10.8 Å². The highest BCUT2D eigenvalue weighted by atomic mass is 16.3. The van der Waals surface area contributed by atoms with Gasteiger partial charge in [-0.15, -0.1) is 0 Å². The van der Waals surface area contributed by atoms with E-state index in [1.807, 2.05) is 18.2 Å². The lowest BCUT2D eigenvalue weighted by Gasteiger charge is -2.13. The summed E-state index contributed by atoms with van der Waals surface area (Å²) in [6.07, 6.45) is -0.558. The lowest BCUT2D eigenvalue weighted by atomic mass is 10.1. The van der Waals surface area contributed by atoms with Gasteiger partial charge >= 0.3 is 0 Å². The number of hydrogen-bond acceptors (Lipinski definition) is 3. The van der Waals surface area contributed by atoms with Crippen LogP contribution in [0, 0.1) is 0 Å². The van der Waals surface area contributed by atoms with Gasteiger partial charge in [0.2, 0.25) is 5.91 Å². The average molecular weight is 208 g/mol. The monoisotopic (exact) mass is 208 g/mol. The van der Waals surface area contributed by atoms with E-state index in [0.29, 0.717) is 0 Å². The maximum Gasteiger partial charge on any atom is 0.241 e. The first-order valence-electron chi connectivity index (χ1n) is 4.87. The van der Waals surface area contributed by atoms with Crippen molar-refractivity contribution in [1.29, 1.82) is 0 Å². The van der Waals surface area contributed by atoms with Crippen LogP contribution in [-0.4, -0.2) is 23.7 Å². The lowest BCUT2D eigenvalue weighted by molar-refractivity contribution is -0.122. The van der Waals surface area contributed by atoms with Crippen LogP contribution in [0.15, 0.2) is 30.3 Å². The molecule has 0 aliphatic rings. The Balaban J connectivity index is 2.54. The van der Waals surface area contributed by atoms with Crippen LogP contribution in [0.5, 0.6) is 0 Å². The highest BCUT2D eigenvalue weighted by molar-refractivity contribution is 5.82. The fourth-order valence-corrected chi connectivity index (χ4v) is 1.17. The third kappa shape index (κ3) is 3.69. The summed E-state index contributed by atoms with van der Waals surface area (Å²) < 4.78 is 0. The summed E-state index contributed by atoms with van der Waals surface area (Å²) in [5.74, 6) is -0.276. The van der Waals surface area contributed by atoms with Gasteiger partial charge in [0.25, 0.3) is 0 Å². The number of amides is 1. The molecule has 4 heteroatoms. The van der Waals surface area contributed by atoms with Gasteiger partial charge in [-0.05, 0) is 12.5 Å². The summed E-state index contributed by atoms with van der Waals surface area (Å²) in [5, 5.41) is 11.6. The molecule has 0 fully saturated rings. The summed E-state index contributed by atoms with van der Waals surface area (Å²) in [7, 11) is 0. The van der Waals surface area contributed by atoms with Crippen molar-refractivity contribution in [3.05, 3.63) is 35.9 Å². The van der Waals surface area contributed by atoms with E-state index in [0.717, 1.165) is 5.56 Å². The van der Waals surface area contributed by atoms with E-state index < -0.39 is 12.1 Å². The molecule has 4 nitrogen and oxygen atoms in total. The van der Waals surface area contributed by atoms with Gasteiger partial charge in [-0.25, -0.2) is 0 Å². The highest BCUT2D eigenvalue weighted by Crippen LogP contribution is 2.08. The van der Waals surface area contributed by atoms with Gasteiger partial charge in [0.1, 0.15) is 6.04 Å². The summed E-state index contributed by atoms with van der Waals surface area (Å²) in [6, 6.07) is 8.45. The third-order valence-electron chi connectivity index (χ3n) is 2.01. The maximum absolute atomic E-state index is 11.5. The minimum Gasteiger partial charge on any atom is -0.392 e. The maximum atomic E-state index is 11.5. The van der Waals surface area contributed by atoms with Crippen LogP contribution in [0.1, 0.15) is 18.5 Å². The minimum atomic E-state index is -0.676. The molecule has 0 saturated heterocycles. The molecule has 2 atom stereocenters. The number of carbonyl (C=O) groups is 1. The van der Waals surface area contributed by atoms with Gasteiger partial charge in [0.05, 0.1) is 6.10 Å². The molecule has 1 aromatic rings. The first kappa shape index (κ1) is 11.7. The Morgan fingerprint density at radius 1 is 1.47 bits per heavy atom. The average Bonchev–Trinajstić information content (AvgIpc) is 2.26. The fraction of sp³-hybridized carbons (Fsp3) is 0.364. The minimum absolute atomic E-state index is 0.222. The van der Waals surface area contributed by atoms with Crippen LogP contribution in [-0.2, 0) is 4.79 Å². The molecule has 0 aliphatic heterocycles. The Morgan fingerprint density at radius 2 is 2.07 bits per heavy atom. The second-order valence-electron chi connectivity index (χ2n) is 3.48. The Labute approximate surface area is 89.1 Å². The molecule has 0 radical (unpaired) electrons. The molecular weight excluding hydrogens is 192 g/mol. The first-order chi connectivity index (χ1) is 7.11. The molecule has 0 aliphatic carbocycles. The van der Waals surface area contributed by atoms with Gasteiger partial charge in [-0.2, -0.15) is 0 Å². The van der Waals surface area contributed by atoms with Crippen LogP contribution in [0.4, 0.5) is 0 Å². The van der Waals surface area contributed by atoms with Gasteiger partial charge in [0, 0.05) is 6.54 Å². The lowest BCUT2D eigenvalue weighted by Crippen LogP contribution is -2.37. The fourth-order valence-electron chi connectivity index (χ4n) is 1.17. The normalized spacial score (nSPS) is 14.3. The summed E-state index contributed by atoms with van der Waals surface area (Å²) in [6.45, 7) is 1.83. The molecular formula is C11H16N2O2. The number of carbonyl (C=O) groups excluding carboxylic acids is 1. The van der Waals surface area contributed by atoms with Crippen LogP contribution < -0.4 is 11.1 Å². The molecule has 0 bridgehead atoms. The van der Waals surface area contributed by atoms with E-state index in [2.05, 4.69) is 5.32 Å². The Bertz CT molecular complexity index is 312. The number of benzene rings is 1. The third-order valence-corrected chi connectivity index (χ3v) is 2.01. The van der Waals surface area contributed by atoms with Crippen molar-refractivity contribution in [2.45, 2.75) is 19.1 Å². The summed E-state index contributed by atoms with van der Waals surface area (Å²) in [5.41, 5.74) is 6.50. The van der Waals surface area contributed by atoms with Gasteiger partial charge in [-0.3, -0.25) is 4.79 Å². The molecule has 0 heterocycles. The van der Waals surface area contributed by atoms with E-state index in [9.17, 15) is 4.79 Å². The predicted molar refractivity (Wildman–Crippen MR) is 58.1 cm³/mol. The molecule has 1 amide bonds. The van der Waals surface area contributed by atoms with Crippen LogP contribution in [0.2, 0.25) is 0 Å². The SMILES string of the molecule is CC(O)CNC(=O)[C@@H](N)c1ccccc1. The van der Waals surface area contributed by atoms with E-state index in [1.54, 1.807) is 19.1 Å². The van der Waals surface area contributed by atoms with Crippen molar-refractivity contribution < 1.29 is 9.90 Å². The van der Waals surface area contributed by atoms with Crippen molar-refractivity contribution in [2.75, 3.05) is 6.54 Å². The molecule has 4 N–H and O–H groups in total. The molecule has 15 heavy (non-hydrogen) atoms. The molecule has 0 aromatic heterocycles. The quantitative estimate of drug-likeness (QED) is 0.661. The highest BCUT2D eigenvalue weighted by Gasteiger charge is 2.14. The standard InChI is InChI=1S/C11H16N2O2/c1-8(14)7-13-11(15)10(12)9-5-3-2-4-6-9/h2-6,8,10,14H,7,12H2,1H3,(H,13,15)/t8?,10-/m0/s1. The topological polar surface area (TPSA) is 75.3 Å². The largest absolute Gasteiger partial charge is 0.392 e. The van der Waals surface area contributed by atoms with Gasteiger partial charge in [0.15, 0.2) is 0 Å². The van der Waals surface area contributed by atoms with Crippen molar-refractivity contribution in [3.8, 4) is 0 Å². The zero-order valence-electron chi connectivity index (χ0n) is 8.68. The second-order valence-corrected chi connectivity index (χ2v) is 3.48. The van der Waals surface area contributed by atoms with E-state index in [1.165, 1.54) is 0 Å². The Kier molecular flexibility index (Phi) is 4.27. The van der Waals surface area contributed by atoms with Crippen molar-refractivity contribution >= 4 is 5.91 Å². The number of aliphatic hydroxyl groups excluding tert-OH is 1. The van der Waals surface area contributed by atoms with Crippen molar-refractivity contribution in [1.82, 2.24) is 5.32 Å². The smallest absolute Gasteiger partial charge is 0.241 e. The first-order valence-corrected chi connectivity index (χ1v) is 4.87. The zero-order valence-corrected chi connectivity index (χ0v) is 8.68. The zero-order chi connectivity index (χ0) is 11.3. The van der Waals surface area contributed by atoms with Crippen LogP contribution in [0.3, 0.4) is 0 Å². The Hall–Kier alpha value is -1.39. The van der Waals surface area contributed by atoms with Crippen LogP contribution >= 0.6 is 0 Å². The molecule has 1 rings (SSSR count). The van der Waals surface area contributed by atoms with Gasteiger partial charge in [-0.1, -0.05) is 30.3 Å². The number of nitrogens with one attached hydrogen (secondary N) is 1. The number of rotatable bonds is 4. The predicted octanol–water partition coefficient (Wildman–Crippen LogP) is 0.183. The second kappa shape index (κ2) is 5.48. The molecule has 82 valence electrons. The van der Waals surface area contributed by atoms with E-state index >= 15 is 0 Å². The molecule has 0 spiro atoms. The molecule has 1 unspecified atom stereocenters. The Morgan fingerprint density at radius 3 is 2.60 bits per heavy atom. The summed E-state index contributed by atoms with van der Waals surface area (Å²) >= 11 is 0. The van der Waals surface area contributed by atoms with Crippen LogP contribution in [0.25, 0.3) is 0 Å². The molecule has 1 aromatic carbocycles. The number of nitrogens with two attached hydrogens (primary N) is 1. The van der Waals surface area contributed by atoms with E-state index in [-0.39, 0.29) is 12.5 Å². The summed E-state index contributed by atoms with van der Waals surface area (Å²) in [4.78, 5) is 11.5. The van der Waals surface area contributed by atoms with Gasteiger partial charge < -0.3 is 16.2 Å². The number of aliphatic hydroxyl groups is 1. The van der Waals surface area contributed by atoms with Crippen molar-refractivity contribution in [2.24, 2.45) is 5.73 Å². The number of hydrogen-bond donors (Lipinski definition) is 3. The van der Waals surface area contributed by atoms with Crippen molar-refractivity contribution in [3.63, 3.8) is 0 Å².